The topological polar surface area (TPSA) is 46.5 Å². The van der Waals surface area contributed by atoms with E-state index in [1.54, 1.807) is 7.11 Å². The van der Waals surface area contributed by atoms with Gasteiger partial charge in [0, 0.05) is 0 Å². The second-order valence-corrected chi connectivity index (χ2v) is 3.94. The smallest absolute Gasteiger partial charge is 0.307 e. The summed E-state index contributed by atoms with van der Waals surface area (Å²) in [5.74, 6) is 0.0945. The van der Waals surface area contributed by atoms with E-state index in [4.69, 9.17) is 9.84 Å². The average molecular weight is 218 g/mol. The Bertz CT molecular complexity index is 446. The molecule has 0 saturated carbocycles. The molecule has 0 radical (unpaired) electrons. The van der Waals surface area contributed by atoms with Crippen LogP contribution < -0.4 is 4.74 Å². The number of aryl methyl sites for hydroxylation is 1. The molecular formula is C13H14O3. The maximum Gasteiger partial charge on any atom is 0.307 e. The van der Waals surface area contributed by atoms with Crippen molar-refractivity contribution >= 4 is 12.0 Å². The van der Waals surface area contributed by atoms with Gasteiger partial charge in [-0.15, -0.1) is 0 Å². The summed E-state index contributed by atoms with van der Waals surface area (Å²) < 4.78 is 5.16. The van der Waals surface area contributed by atoms with E-state index >= 15 is 0 Å². The van der Waals surface area contributed by atoms with E-state index in [1.807, 2.05) is 24.3 Å². The maximum atomic E-state index is 10.6. The van der Waals surface area contributed by atoms with Gasteiger partial charge in [0.05, 0.1) is 13.5 Å². The van der Waals surface area contributed by atoms with Gasteiger partial charge in [0.2, 0.25) is 0 Å². The number of benzene rings is 1. The lowest BCUT2D eigenvalue weighted by Crippen LogP contribution is -2.04. The Balaban J connectivity index is 2.27. The van der Waals surface area contributed by atoms with Crippen molar-refractivity contribution in [1.29, 1.82) is 0 Å². The molecule has 1 aromatic rings. The van der Waals surface area contributed by atoms with E-state index in [0.29, 0.717) is 0 Å². The maximum absolute atomic E-state index is 10.6. The number of methoxy groups -OCH3 is 1. The van der Waals surface area contributed by atoms with E-state index in [0.717, 1.165) is 29.7 Å². The molecule has 16 heavy (non-hydrogen) atoms. The number of fused-ring (bicyclic) bond motifs is 1. The fourth-order valence-electron chi connectivity index (χ4n) is 1.99. The van der Waals surface area contributed by atoms with Gasteiger partial charge in [-0.1, -0.05) is 17.7 Å². The van der Waals surface area contributed by atoms with Crippen LogP contribution in [0.3, 0.4) is 0 Å². The van der Waals surface area contributed by atoms with Crippen molar-refractivity contribution in [3.05, 3.63) is 34.9 Å². The molecule has 3 heteroatoms. The summed E-state index contributed by atoms with van der Waals surface area (Å²) in [6.07, 6.45) is 3.84. The molecule has 0 amide bonds. The van der Waals surface area contributed by atoms with Crippen LogP contribution in [0.1, 0.15) is 24.0 Å². The third-order valence-corrected chi connectivity index (χ3v) is 2.80. The van der Waals surface area contributed by atoms with Crippen LogP contribution >= 0.6 is 0 Å². The highest BCUT2D eigenvalue weighted by atomic mass is 16.5. The van der Waals surface area contributed by atoms with Crippen LogP contribution in [0, 0.1) is 0 Å². The first-order chi connectivity index (χ1) is 7.69. The summed E-state index contributed by atoms with van der Waals surface area (Å²) >= 11 is 0. The lowest BCUT2D eigenvalue weighted by Gasteiger charge is -2.16. The number of ether oxygens (including phenoxy) is 1. The molecule has 0 atom stereocenters. The standard InChI is InChI=1S/C13H14O3/c1-16-12-5-4-10-6-9(7-13(14)15)2-3-11(10)8-12/h4-6,8H,2-3,7H2,1H3,(H,14,15). The van der Waals surface area contributed by atoms with E-state index in [1.165, 1.54) is 5.56 Å². The molecular weight excluding hydrogens is 204 g/mol. The predicted octanol–water partition coefficient (Wildman–Crippen LogP) is 2.50. The van der Waals surface area contributed by atoms with E-state index in [2.05, 4.69) is 0 Å². The molecule has 0 unspecified atom stereocenters. The first-order valence-corrected chi connectivity index (χ1v) is 5.27. The summed E-state index contributed by atoms with van der Waals surface area (Å²) in [6.45, 7) is 0. The number of carboxylic acid groups (broad SMARTS) is 1. The van der Waals surface area contributed by atoms with Crippen molar-refractivity contribution in [1.82, 2.24) is 0 Å². The average Bonchev–Trinajstić information content (AvgIpc) is 2.27. The van der Waals surface area contributed by atoms with Gasteiger partial charge in [0.1, 0.15) is 5.75 Å². The van der Waals surface area contributed by atoms with Gasteiger partial charge in [-0.05, 0) is 36.1 Å². The van der Waals surface area contributed by atoms with Crippen LogP contribution in [0.5, 0.6) is 5.75 Å². The molecule has 0 saturated heterocycles. The van der Waals surface area contributed by atoms with Crippen molar-refractivity contribution in [3.63, 3.8) is 0 Å². The van der Waals surface area contributed by atoms with Crippen molar-refractivity contribution in [2.24, 2.45) is 0 Å². The molecule has 84 valence electrons. The summed E-state index contributed by atoms with van der Waals surface area (Å²) in [5.41, 5.74) is 3.34. The highest BCUT2D eigenvalue weighted by molar-refractivity contribution is 5.74. The Kier molecular flexibility index (Phi) is 2.95. The molecule has 1 aromatic carbocycles. The molecule has 0 heterocycles. The van der Waals surface area contributed by atoms with Crippen molar-refractivity contribution in [2.45, 2.75) is 19.3 Å². The molecule has 0 fully saturated rings. The number of hydrogen-bond acceptors (Lipinski definition) is 2. The van der Waals surface area contributed by atoms with Crippen LogP contribution in [0.25, 0.3) is 6.08 Å². The minimum Gasteiger partial charge on any atom is -0.497 e. The minimum absolute atomic E-state index is 0.144. The molecule has 1 N–H and O–H groups in total. The van der Waals surface area contributed by atoms with Gasteiger partial charge in [-0.25, -0.2) is 0 Å². The zero-order chi connectivity index (χ0) is 11.5. The summed E-state index contributed by atoms with van der Waals surface area (Å²) in [6, 6.07) is 5.90. The van der Waals surface area contributed by atoms with Crippen molar-refractivity contribution in [2.75, 3.05) is 7.11 Å². The molecule has 1 aliphatic carbocycles. The van der Waals surface area contributed by atoms with E-state index in [-0.39, 0.29) is 6.42 Å². The highest BCUT2D eigenvalue weighted by Gasteiger charge is 2.13. The van der Waals surface area contributed by atoms with Gasteiger partial charge in [0.25, 0.3) is 0 Å². The molecule has 0 aliphatic heterocycles. The van der Waals surface area contributed by atoms with E-state index < -0.39 is 5.97 Å². The Morgan fingerprint density at radius 1 is 1.44 bits per heavy atom. The second kappa shape index (κ2) is 4.39. The molecule has 3 nitrogen and oxygen atoms in total. The molecule has 0 spiro atoms. The Morgan fingerprint density at radius 2 is 2.25 bits per heavy atom. The summed E-state index contributed by atoms with van der Waals surface area (Å²) in [4.78, 5) is 10.6. The van der Waals surface area contributed by atoms with E-state index in [9.17, 15) is 4.79 Å². The fraction of sp³-hybridized carbons (Fsp3) is 0.308. The Morgan fingerprint density at radius 3 is 2.94 bits per heavy atom. The fourth-order valence-corrected chi connectivity index (χ4v) is 1.99. The normalized spacial score (nSPS) is 13.9. The van der Waals surface area contributed by atoms with Gasteiger partial charge in [-0.3, -0.25) is 4.79 Å². The lowest BCUT2D eigenvalue weighted by molar-refractivity contribution is -0.136. The predicted molar refractivity (Wildman–Crippen MR) is 61.5 cm³/mol. The highest BCUT2D eigenvalue weighted by Crippen LogP contribution is 2.28. The first kappa shape index (κ1) is 10.7. The number of carboxylic acids is 1. The SMILES string of the molecule is COc1ccc2c(c1)CCC(CC(=O)O)=C2. The molecule has 1 aliphatic rings. The van der Waals surface area contributed by atoms with Crippen LogP contribution in [0.2, 0.25) is 0 Å². The molecule has 0 aromatic heterocycles. The Labute approximate surface area is 94.4 Å². The van der Waals surface area contributed by atoms with Crippen LogP contribution in [0.15, 0.2) is 23.8 Å². The largest absolute Gasteiger partial charge is 0.497 e. The lowest BCUT2D eigenvalue weighted by atomic mass is 9.91. The van der Waals surface area contributed by atoms with Gasteiger partial charge < -0.3 is 9.84 Å². The number of hydrogen-bond donors (Lipinski definition) is 1. The van der Waals surface area contributed by atoms with Gasteiger partial charge >= 0.3 is 5.97 Å². The van der Waals surface area contributed by atoms with Crippen molar-refractivity contribution in [3.8, 4) is 5.75 Å². The zero-order valence-corrected chi connectivity index (χ0v) is 9.19. The second-order valence-electron chi connectivity index (χ2n) is 3.94. The summed E-state index contributed by atoms with van der Waals surface area (Å²) in [7, 11) is 1.65. The van der Waals surface area contributed by atoms with Gasteiger partial charge in [-0.2, -0.15) is 0 Å². The molecule has 0 bridgehead atoms. The third kappa shape index (κ3) is 2.24. The van der Waals surface area contributed by atoms with Crippen LogP contribution in [-0.2, 0) is 11.2 Å². The first-order valence-electron chi connectivity index (χ1n) is 5.27. The molecule has 2 rings (SSSR count). The minimum atomic E-state index is -0.761. The number of aliphatic carboxylic acids is 1. The number of carbonyl (C=O) groups is 1. The summed E-state index contributed by atoms with van der Waals surface area (Å²) in [5, 5.41) is 8.74. The van der Waals surface area contributed by atoms with Crippen LogP contribution in [-0.4, -0.2) is 18.2 Å². The number of rotatable bonds is 3. The Hall–Kier alpha value is -1.77. The quantitative estimate of drug-likeness (QED) is 0.847. The zero-order valence-electron chi connectivity index (χ0n) is 9.19. The van der Waals surface area contributed by atoms with Crippen LogP contribution in [0.4, 0.5) is 0 Å². The van der Waals surface area contributed by atoms with Crippen molar-refractivity contribution < 1.29 is 14.6 Å². The third-order valence-electron chi connectivity index (χ3n) is 2.80. The van der Waals surface area contributed by atoms with Gasteiger partial charge in [0.15, 0.2) is 0 Å². The monoisotopic (exact) mass is 218 g/mol.